The maximum absolute atomic E-state index is 12.1. The molecule has 2 aromatic rings. The van der Waals surface area contributed by atoms with Gasteiger partial charge in [0, 0.05) is 11.6 Å². The number of rotatable bonds is 1. The number of aromatic nitrogens is 3. The van der Waals surface area contributed by atoms with Crippen molar-refractivity contribution in [3.05, 3.63) is 39.9 Å². The lowest BCUT2D eigenvalue weighted by molar-refractivity contribution is 0.560. The Balaban J connectivity index is 2.64. The molecule has 0 unspecified atom stereocenters. The average molecular weight is 246 g/mol. The van der Waals surface area contributed by atoms with E-state index in [2.05, 4.69) is 10.1 Å². The number of aromatic amines is 1. The van der Waals surface area contributed by atoms with E-state index in [1.54, 1.807) is 6.20 Å². The van der Waals surface area contributed by atoms with Crippen LogP contribution < -0.4 is 11.3 Å². The van der Waals surface area contributed by atoms with Gasteiger partial charge in [-0.25, -0.2) is 4.98 Å². The van der Waals surface area contributed by atoms with Gasteiger partial charge in [0.2, 0.25) is 0 Å². The molecule has 0 fully saturated rings. The molecule has 0 spiro atoms. The lowest BCUT2D eigenvalue weighted by Gasteiger charge is -2.16. The molecule has 0 bridgehead atoms. The number of nitrogen functional groups attached to an aromatic ring is 1. The summed E-state index contributed by atoms with van der Waals surface area (Å²) in [7, 11) is 0. The highest BCUT2D eigenvalue weighted by Crippen LogP contribution is 2.24. The molecule has 0 aliphatic carbocycles. The number of hydrogen-bond acceptors (Lipinski definition) is 3. The average Bonchev–Trinajstić information content (AvgIpc) is 2.55. The molecule has 0 radical (unpaired) electrons. The first kappa shape index (κ1) is 12.4. The molecule has 96 valence electrons. The molecule has 0 aliphatic rings. The first-order valence-electron chi connectivity index (χ1n) is 5.84. The Labute approximate surface area is 106 Å². The summed E-state index contributed by atoms with van der Waals surface area (Å²) in [4.78, 5) is 16.3. The lowest BCUT2D eigenvalue weighted by Crippen LogP contribution is -2.18. The minimum Gasteiger partial charge on any atom is -0.393 e. The van der Waals surface area contributed by atoms with E-state index in [1.807, 2.05) is 39.8 Å². The van der Waals surface area contributed by atoms with Crippen LogP contribution in [0.2, 0.25) is 0 Å². The molecule has 2 rings (SSSR count). The molecule has 0 amide bonds. The van der Waals surface area contributed by atoms with Gasteiger partial charge in [0.25, 0.3) is 5.56 Å². The fourth-order valence-electron chi connectivity index (χ4n) is 1.83. The van der Waals surface area contributed by atoms with Crippen LogP contribution in [-0.4, -0.2) is 14.8 Å². The number of H-pyrrole nitrogens is 1. The van der Waals surface area contributed by atoms with E-state index in [0.717, 1.165) is 11.3 Å². The largest absolute Gasteiger partial charge is 0.393 e. The number of nitrogens with one attached hydrogen (secondary N) is 1. The standard InChI is InChI=1S/C13H18N4O/c1-8-5-6-15-9(7-8)17-12(18)10(14)11(16-17)13(2,3)4/h5-7,16H,14H2,1-4H3. The fourth-order valence-corrected chi connectivity index (χ4v) is 1.83. The number of pyridine rings is 1. The summed E-state index contributed by atoms with van der Waals surface area (Å²) in [5.41, 5.74) is 7.44. The predicted octanol–water partition coefficient (Wildman–Crippen LogP) is 1.75. The van der Waals surface area contributed by atoms with Crippen molar-refractivity contribution in [2.24, 2.45) is 0 Å². The Hall–Kier alpha value is -2.04. The van der Waals surface area contributed by atoms with Crippen LogP contribution in [0.4, 0.5) is 5.69 Å². The first-order chi connectivity index (χ1) is 8.30. The fraction of sp³-hybridized carbons (Fsp3) is 0.385. The number of nitrogens with zero attached hydrogens (tertiary/aromatic N) is 2. The summed E-state index contributed by atoms with van der Waals surface area (Å²) in [5, 5.41) is 3.05. The van der Waals surface area contributed by atoms with Gasteiger partial charge in [-0.2, -0.15) is 4.68 Å². The molecule has 0 aliphatic heterocycles. The third-order valence-corrected chi connectivity index (χ3v) is 2.81. The Bertz CT molecular complexity index is 631. The second-order valence-electron chi connectivity index (χ2n) is 5.48. The summed E-state index contributed by atoms with van der Waals surface area (Å²) in [6.07, 6.45) is 1.67. The second-order valence-corrected chi connectivity index (χ2v) is 5.48. The van der Waals surface area contributed by atoms with E-state index in [-0.39, 0.29) is 16.7 Å². The van der Waals surface area contributed by atoms with Gasteiger partial charge in [-0.1, -0.05) is 20.8 Å². The van der Waals surface area contributed by atoms with Gasteiger partial charge in [-0.05, 0) is 24.6 Å². The molecule has 0 saturated heterocycles. The topological polar surface area (TPSA) is 76.7 Å². The predicted molar refractivity (Wildman–Crippen MR) is 72.0 cm³/mol. The molecule has 5 nitrogen and oxygen atoms in total. The summed E-state index contributed by atoms with van der Waals surface area (Å²) in [6.45, 7) is 7.96. The van der Waals surface area contributed by atoms with Gasteiger partial charge in [0.1, 0.15) is 5.69 Å². The third-order valence-electron chi connectivity index (χ3n) is 2.81. The highest BCUT2D eigenvalue weighted by atomic mass is 16.1. The highest BCUT2D eigenvalue weighted by Gasteiger charge is 2.23. The van der Waals surface area contributed by atoms with E-state index in [1.165, 1.54) is 4.68 Å². The molecule has 5 heteroatoms. The minimum atomic E-state index is -0.252. The quantitative estimate of drug-likeness (QED) is 0.804. The monoisotopic (exact) mass is 246 g/mol. The first-order valence-corrected chi connectivity index (χ1v) is 5.84. The number of hydrogen-bond donors (Lipinski definition) is 2. The van der Waals surface area contributed by atoms with Crippen molar-refractivity contribution in [2.45, 2.75) is 33.1 Å². The molecular weight excluding hydrogens is 228 g/mol. The van der Waals surface area contributed by atoms with Gasteiger partial charge in [-0.15, -0.1) is 0 Å². The molecule has 18 heavy (non-hydrogen) atoms. The highest BCUT2D eigenvalue weighted by molar-refractivity contribution is 5.46. The Morgan fingerprint density at radius 3 is 2.56 bits per heavy atom. The number of nitrogens with two attached hydrogens (primary N) is 1. The second kappa shape index (κ2) is 4.01. The molecule has 0 atom stereocenters. The van der Waals surface area contributed by atoms with Crippen LogP contribution in [0.25, 0.3) is 5.82 Å². The molecular formula is C13H18N4O. The van der Waals surface area contributed by atoms with Gasteiger partial charge in [0.05, 0.1) is 5.69 Å². The number of anilines is 1. The molecule has 0 aromatic carbocycles. The van der Waals surface area contributed by atoms with Gasteiger partial charge < -0.3 is 5.73 Å². The maximum Gasteiger partial charge on any atom is 0.296 e. The van der Waals surface area contributed by atoms with Crippen molar-refractivity contribution in [2.75, 3.05) is 5.73 Å². The van der Waals surface area contributed by atoms with Crippen molar-refractivity contribution in [3.63, 3.8) is 0 Å². The van der Waals surface area contributed by atoms with E-state index >= 15 is 0 Å². The van der Waals surface area contributed by atoms with E-state index < -0.39 is 0 Å². The molecule has 0 saturated carbocycles. The number of aryl methyl sites for hydroxylation is 1. The SMILES string of the molecule is Cc1ccnc(-n2[nH]c(C(C)(C)C)c(N)c2=O)c1. The molecule has 2 heterocycles. The summed E-state index contributed by atoms with van der Waals surface area (Å²) in [5.74, 6) is 0.558. The van der Waals surface area contributed by atoms with Crippen molar-refractivity contribution in [1.29, 1.82) is 0 Å². The smallest absolute Gasteiger partial charge is 0.296 e. The lowest BCUT2D eigenvalue weighted by atomic mass is 9.91. The van der Waals surface area contributed by atoms with E-state index in [4.69, 9.17) is 5.73 Å². The van der Waals surface area contributed by atoms with E-state index in [0.29, 0.717) is 5.82 Å². The van der Waals surface area contributed by atoms with Crippen LogP contribution in [0.5, 0.6) is 0 Å². The Morgan fingerprint density at radius 2 is 2.06 bits per heavy atom. The third kappa shape index (κ3) is 2.03. The van der Waals surface area contributed by atoms with Crippen molar-refractivity contribution >= 4 is 5.69 Å². The molecule has 3 N–H and O–H groups in total. The van der Waals surface area contributed by atoms with Crippen LogP contribution in [0.1, 0.15) is 32.0 Å². The molecule has 2 aromatic heterocycles. The van der Waals surface area contributed by atoms with Gasteiger partial charge in [-0.3, -0.25) is 9.89 Å². The van der Waals surface area contributed by atoms with Gasteiger partial charge >= 0.3 is 0 Å². The Kier molecular flexibility index (Phi) is 2.77. The van der Waals surface area contributed by atoms with Crippen LogP contribution in [-0.2, 0) is 5.41 Å². The zero-order valence-corrected chi connectivity index (χ0v) is 11.1. The van der Waals surface area contributed by atoms with E-state index in [9.17, 15) is 4.79 Å². The van der Waals surface area contributed by atoms with Crippen LogP contribution in [0.3, 0.4) is 0 Å². The normalized spacial score (nSPS) is 11.8. The zero-order valence-electron chi connectivity index (χ0n) is 11.1. The zero-order chi connectivity index (χ0) is 13.5. The van der Waals surface area contributed by atoms with Gasteiger partial charge in [0.15, 0.2) is 5.82 Å². The minimum absolute atomic E-state index is 0.210. The summed E-state index contributed by atoms with van der Waals surface area (Å²) in [6, 6.07) is 3.72. The summed E-state index contributed by atoms with van der Waals surface area (Å²) < 4.78 is 1.39. The van der Waals surface area contributed by atoms with Crippen LogP contribution in [0.15, 0.2) is 23.1 Å². The maximum atomic E-state index is 12.1. The van der Waals surface area contributed by atoms with Crippen molar-refractivity contribution in [3.8, 4) is 5.82 Å². The van der Waals surface area contributed by atoms with Crippen molar-refractivity contribution < 1.29 is 0 Å². The Morgan fingerprint density at radius 1 is 1.39 bits per heavy atom. The van der Waals surface area contributed by atoms with Crippen molar-refractivity contribution in [1.82, 2.24) is 14.8 Å². The summed E-state index contributed by atoms with van der Waals surface area (Å²) >= 11 is 0. The van der Waals surface area contributed by atoms with Crippen LogP contribution in [0, 0.1) is 6.92 Å². The van der Waals surface area contributed by atoms with Crippen LogP contribution >= 0.6 is 0 Å².